The first kappa shape index (κ1) is 13.4. The third-order valence-electron chi connectivity index (χ3n) is 2.68. The zero-order chi connectivity index (χ0) is 12.1. The van der Waals surface area contributed by atoms with Gasteiger partial charge in [-0.3, -0.25) is 4.79 Å². The van der Waals surface area contributed by atoms with Crippen LogP contribution in [0, 0.1) is 11.7 Å². The number of carbonyl (C=O) groups is 1. The minimum Gasteiger partial charge on any atom is -0.299 e. The minimum absolute atomic E-state index is 0.107. The first-order valence-corrected chi connectivity index (χ1v) is 6.27. The van der Waals surface area contributed by atoms with Gasteiger partial charge in [0.05, 0.1) is 0 Å². The lowest BCUT2D eigenvalue weighted by atomic mass is 9.98. The number of hydrogen-bond acceptors (Lipinski definition) is 1. The molecule has 0 fully saturated rings. The molecule has 1 atom stereocenters. The quantitative estimate of drug-likeness (QED) is 0.795. The second-order valence-corrected chi connectivity index (χ2v) is 5.08. The van der Waals surface area contributed by atoms with Crippen molar-refractivity contribution in [3.05, 3.63) is 34.1 Å². The molecule has 0 aliphatic heterocycles. The summed E-state index contributed by atoms with van der Waals surface area (Å²) >= 11 is 3.19. The predicted molar refractivity (Wildman–Crippen MR) is 66.9 cm³/mol. The van der Waals surface area contributed by atoms with Crippen molar-refractivity contribution in [2.75, 3.05) is 0 Å². The summed E-state index contributed by atoms with van der Waals surface area (Å²) in [5.41, 5.74) is 0.483. The topological polar surface area (TPSA) is 17.1 Å². The van der Waals surface area contributed by atoms with E-state index in [4.69, 9.17) is 0 Å². The van der Waals surface area contributed by atoms with Crippen molar-refractivity contribution in [1.29, 1.82) is 0 Å². The van der Waals surface area contributed by atoms with E-state index < -0.39 is 0 Å². The van der Waals surface area contributed by atoms with Crippen LogP contribution < -0.4 is 0 Å². The van der Waals surface area contributed by atoms with Crippen molar-refractivity contribution >= 4 is 21.7 Å². The maximum atomic E-state index is 13.4. The van der Waals surface area contributed by atoms with E-state index in [-0.39, 0.29) is 18.0 Å². The van der Waals surface area contributed by atoms with Crippen LogP contribution in [0.5, 0.6) is 0 Å². The molecular formula is C13H16BrFO. The molecule has 3 heteroatoms. The highest BCUT2D eigenvalue weighted by Gasteiger charge is 2.11. The molecule has 0 aromatic heterocycles. The normalized spacial score (nSPS) is 12.5. The summed E-state index contributed by atoms with van der Waals surface area (Å²) in [6.45, 7) is 4.09. The van der Waals surface area contributed by atoms with Gasteiger partial charge in [0.2, 0.25) is 0 Å². The Labute approximate surface area is 104 Å². The highest BCUT2D eigenvalue weighted by Crippen LogP contribution is 2.17. The van der Waals surface area contributed by atoms with Crippen LogP contribution in [0.3, 0.4) is 0 Å². The molecule has 0 aliphatic rings. The van der Waals surface area contributed by atoms with Gasteiger partial charge in [-0.2, -0.15) is 0 Å². The van der Waals surface area contributed by atoms with Crippen molar-refractivity contribution in [2.45, 2.75) is 33.1 Å². The fourth-order valence-corrected chi connectivity index (χ4v) is 1.82. The van der Waals surface area contributed by atoms with Crippen molar-refractivity contribution in [2.24, 2.45) is 5.92 Å². The van der Waals surface area contributed by atoms with Gasteiger partial charge in [0.25, 0.3) is 0 Å². The molecule has 0 aliphatic carbocycles. The monoisotopic (exact) mass is 286 g/mol. The number of hydrogen-bond donors (Lipinski definition) is 0. The standard InChI is InChI=1S/C13H16BrFO/c1-3-9(2)6-12(16)7-10-4-5-11(14)8-13(10)15/h4-5,8-9H,3,6-7H2,1-2H3. The van der Waals surface area contributed by atoms with Gasteiger partial charge in [0.15, 0.2) is 0 Å². The molecule has 0 N–H and O–H groups in total. The molecule has 1 nitrogen and oxygen atoms in total. The summed E-state index contributed by atoms with van der Waals surface area (Å²) in [7, 11) is 0. The molecule has 1 unspecified atom stereocenters. The minimum atomic E-state index is -0.313. The van der Waals surface area contributed by atoms with Crippen molar-refractivity contribution in [3.63, 3.8) is 0 Å². The van der Waals surface area contributed by atoms with Gasteiger partial charge >= 0.3 is 0 Å². The number of benzene rings is 1. The second-order valence-electron chi connectivity index (χ2n) is 4.17. The molecular weight excluding hydrogens is 271 g/mol. The first-order chi connectivity index (χ1) is 7.52. The van der Waals surface area contributed by atoms with Gasteiger partial charge in [-0.25, -0.2) is 4.39 Å². The molecule has 16 heavy (non-hydrogen) atoms. The molecule has 0 spiro atoms. The molecule has 0 heterocycles. The van der Waals surface area contributed by atoms with Crippen molar-refractivity contribution < 1.29 is 9.18 Å². The fourth-order valence-electron chi connectivity index (χ4n) is 1.48. The highest BCUT2D eigenvalue weighted by atomic mass is 79.9. The van der Waals surface area contributed by atoms with E-state index in [0.717, 1.165) is 6.42 Å². The summed E-state index contributed by atoms with van der Waals surface area (Å²) in [6.07, 6.45) is 1.71. The third-order valence-corrected chi connectivity index (χ3v) is 3.17. The molecule has 1 rings (SSSR count). The van der Waals surface area contributed by atoms with Gasteiger partial charge < -0.3 is 0 Å². The summed E-state index contributed by atoms with van der Waals surface area (Å²) in [6, 6.07) is 4.81. The summed E-state index contributed by atoms with van der Waals surface area (Å²) in [5, 5.41) is 0. The Morgan fingerprint density at radius 2 is 2.19 bits per heavy atom. The summed E-state index contributed by atoms with van der Waals surface area (Å²) in [4.78, 5) is 11.6. The SMILES string of the molecule is CCC(C)CC(=O)Cc1ccc(Br)cc1F. The van der Waals surface area contributed by atoms with Gasteiger partial charge in [-0.05, 0) is 23.6 Å². The largest absolute Gasteiger partial charge is 0.299 e. The van der Waals surface area contributed by atoms with Gasteiger partial charge in [-0.15, -0.1) is 0 Å². The second kappa shape index (κ2) is 6.14. The number of rotatable bonds is 5. The number of halogens is 2. The van der Waals surface area contributed by atoms with Crippen molar-refractivity contribution in [3.8, 4) is 0 Å². The van der Waals surface area contributed by atoms with Gasteiger partial charge in [-0.1, -0.05) is 42.3 Å². The highest BCUT2D eigenvalue weighted by molar-refractivity contribution is 9.10. The van der Waals surface area contributed by atoms with Crippen LogP contribution in [0.2, 0.25) is 0 Å². The van der Waals surface area contributed by atoms with E-state index in [0.29, 0.717) is 22.4 Å². The van der Waals surface area contributed by atoms with E-state index in [1.54, 1.807) is 12.1 Å². The molecule has 88 valence electrons. The average molecular weight is 287 g/mol. The van der Waals surface area contributed by atoms with Gasteiger partial charge in [0.1, 0.15) is 11.6 Å². The van der Waals surface area contributed by atoms with E-state index in [1.807, 2.05) is 6.92 Å². The van der Waals surface area contributed by atoms with E-state index in [2.05, 4.69) is 22.9 Å². The van der Waals surface area contributed by atoms with Crippen molar-refractivity contribution in [1.82, 2.24) is 0 Å². The van der Waals surface area contributed by atoms with Gasteiger partial charge in [0, 0.05) is 17.3 Å². The van der Waals surface area contributed by atoms with Crippen LogP contribution in [0.4, 0.5) is 4.39 Å². The Morgan fingerprint density at radius 3 is 2.75 bits per heavy atom. The first-order valence-electron chi connectivity index (χ1n) is 5.48. The lowest BCUT2D eigenvalue weighted by Gasteiger charge is -2.07. The number of Topliss-reactive ketones (excluding diaryl/α,β-unsaturated/α-hetero) is 1. The summed E-state index contributed by atoms with van der Waals surface area (Å²) < 4.78 is 14.1. The lowest BCUT2D eigenvalue weighted by molar-refractivity contribution is -0.119. The molecule has 1 aromatic carbocycles. The number of ketones is 1. The van der Waals surface area contributed by atoms with Crippen LogP contribution in [-0.2, 0) is 11.2 Å². The predicted octanol–water partition coefficient (Wildman–Crippen LogP) is 4.14. The molecule has 0 saturated heterocycles. The maximum Gasteiger partial charge on any atom is 0.137 e. The van der Waals surface area contributed by atoms with Crippen LogP contribution in [0.25, 0.3) is 0 Å². The Morgan fingerprint density at radius 1 is 1.50 bits per heavy atom. The van der Waals surface area contributed by atoms with E-state index in [1.165, 1.54) is 6.07 Å². The average Bonchev–Trinajstić information content (AvgIpc) is 2.22. The Bertz CT molecular complexity index is 376. The Balaban J connectivity index is 2.63. The Kier molecular flexibility index (Phi) is 5.13. The number of carbonyl (C=O) groups excluding carboxylic acids is 1. The zero-order valence-corrected chi connectivity index (χ0v) is 11.2. The molecule has 0 bridgehead atoms. The molecule has 0 amide bonds. The molecule has 0 radical (unpaired) electrons. The third kappa shape index (κ3) is 4.05. The van der Waals surface area contributed by atoms with Crippen LogP contribution >= 0.6 is 15.9 Å². The Hall–Kier alpha value is -0.700. The van der Waals surface area contributed by atoms with Crippen LogP contribution in [-0.4, -0.2) is 5.78 Å². The van der Waals surface area contributed by atoms with Crippen LogP contribution in [0.1, 0.15) is 32.3 Å². The maximum absolute atomic E-state index is 13.4. The zero-order valence-electron chi connectivity index (χ0n) is 9.59. The van der Waals surface area contributed by atoms with Crippen LogP contribution in [0.15, 0.2) is 22.7 Å². The van der Waals surface area contributed by atoms with E-state index in [9.17, 15) is 9.18 Å². The van der Waals surface area contributed by atoms with E-state index >= 15 is 0 Å². The smallest absolute Gasteiger partial charge is 0.137 e. The summed E-state index contributed by atoms with van der Waals surface area (Å²) in [5.74, 6) is 0.174. The fraction of sp³-hybridized carbons (Fsp3) is 0.462. The molecule has 0 saturated carbocycles. The lowest BCUT2D eigenvalue weighted by Crippen LogP contribution is -2.08. The molecule has 1 aromatic rings.